The minimum absolute atomic E-state index is 0.0245. The van der Waals surface area contributed by atoms with Crippen molar-refractivity contribution in [2.24, 2.45) is 0 Å². The molecule has 0 saturated carbocycles. The zero-order valence-corrected chi connectivity index (χ0v) is 11.5. The highest BCUT2D eigenvalue weighted by Crippen LogP contribution is 2.31. The summed E-state index contributed by atoms with van der Waals surface area (Å²) in [5.74, 6) is -0.0174. The standard InChI is InChI=1S/C17H18N2O/c1-12(13-7-3-2-4-8-13)19-17(20)15-11-18-16-10-6-5-9-14(15)16/h2-10,12,15,18H,11H2,1H3,(H,19,20)/t12-,15?/m0/s1. The van der Waals surface area contributed by atoms with Crippen LogP contribution < -0.4 is 10.6 Å². The lowest BCUT2D eigenvalue weighted by molar-refractivity contribution is -0.122. The lowest BCUT2D eigenvalue weighted by atomic mass is 9.99. The summed E-state index contributed by atoms with van der Waals surface area (Å²) in [6.07, 6.45) is 0. The van der Waals surface area contributed by atoms with Crippen molar-refractivity contribution in [2.75, 3.05) is 11.9 Å². The van der Waals surface area contributed by atoms with Crippen LogP contribution in [-0.4, -0.2) is 12.5 Å². The topological polar surface area (TPSA) is 41.1 Å². The van der Waals surface area contributed by atoms with E-state index in [1.165, 1.54) is 0 Å². The van der Waals surface area contributed by atoms with Crippen molar-refractivity contribution in [3.05, 3.63) is 65.7 Å². The van der Waals surface area contributed by atoms with Crippen LogP contribution in [0.5, 0.6) is 0 Å². The summed E-state index contributed by atoms with van der Waals surface area (Å²) < 4.78 is 0. The van der Waals surface area contributed by atoms with Crippen LogP contribution in [-0.2, 0) is 4.79 Å². The number of nitrogens with one attached hydrogen (secondary N) is 2. The number of fused-ring (bicyclic) bond motifs is 1. The van der Waals surface area contributed by atoms with Gasteiger partial charge in [0, 0.05) is 12.2 Å². The van der Waals surface area contributed by atoms with Crippen LogP contribution in [0.2, 0.25) is 0 Å². The Morgan fingerprint density at radius 2 is 1.85 bits per heavy atom. The van der Waals surface area contributed by atoms with E-state index >= 15 is 0 Å². The van der Waals surface area contributed by atoms with Crippen molar-refractivity contribution in [3.8, 4) is 0 Å². The van der Waals surface area contributed by atoms with Gasteiger partial charge in [-0.1, -0.05) is 48.5 Å². The van der Waals surface area contributed by atoms with Gasteiger partial charge in [-0.05, 0) is 24.1 Å². The molecule has 3 heteroatoms. The van der Waals surface area contributed by atoms with Gasteiger partial charge in [-0.3, -0.25) is 4.79 Å². The van der Waals surface area contributed by atoms with Crippen molar-refractivity contribution in [1.82, 2.24) is 5.32 Å². The Morgan fingerprint density at radius 1 is 1.15 bits per heavy atom. The maximum Gasteiger partial charge on any atom is 0.229 e. The first-order valence-electron chi connectivity index (χ1n) is 6.94. The molecule has 0 bridgehead atoms. The minimum Gasteiger partial charge on any atom is -0.384 e. The molecule has 0 aliphatic carbocycles. The third kappa shape index (κ3) is 2.39. The molecule has 2 N–H and O–H groups in total. The van der Waals surface area contributed by atoms with E-state index in [-0.39, 0.29) is 17.9 Å². The number of hydrogen-bond donors (Lipinski definition) is 2. The smallest absolute Gasteiger partial charge is 0.229 e. The van der Waals surface area contributed by atoms with Gasteiger partial charge in [0.1, 0.15) is 0 Å². The molecule has 2 aromatic rings. The normalized spacial score (nSPS) is 17.9. The first-order chi connectivity index (χ1) is 9.75. The highest BCUT2D eigenvalue weighted by atomic mass is 16.2. The van der Waals surface area contributed by atoms with Gasteiger partial charge in [0.25, 0.3) is 0 Å². The molecule has 0 spiro atoms. The number of hydrogen-bond acceptors (Lipinski definition) is 2. The van der Waals surface area contributed by atoms with Gasteiger partial charge in [-0.15, -0.1) is 0 Å². The van der Waals surface area contributed by atoms with Crippen molar-refractivity contribution in [3.63, 3.8) is 0 Å². The molecule has 0 saturated heterocycles. The minimum atomic E-state index is -0.0997. The molecular formula is C17H18N2O. The third-order valence-corrected chi connectivity index (χ3v) is 3.81. The summed E-state index contributed by atoms with van der Waals surface area (Å²) in [5, 5.41) is 6.38. The second-order valence-electron chi connectivity index (χ2n) is 5.16. The zero-order valence-electron chi connectivity index (χ0n) is 11.5. The average Bonchev–Trinajstić information content (AvgIpc) is 2.92. The second kappa shape index (κ2) is 5.37. The van der Waals surface area contributed by atoms with Crippen molar-refractivity contribution in [2.45, 2.75) is 18.9 Å². The quantitative estimate of drug-likeness (QED) is 0.896. The van der Waals surface area contributed by atoms with E-state index in [0.29, 0.717) is 6.54 Å². The molecule has 3 rings (SSSR count). The number of carbonyl (C=O) groups excluding carboxylic acids is 1. The number of para-hydroxylation sites is 1. The van der Waals surface area contributed by atoms with Gasteiger partial charge >= 0.3 is 0 Å². The van der Waals surface area contributed by atoms with Crippen molar-refractivity contribution < 1.29 is 4.79 Å². The predicted octanol–water partition coefficient (Wildman–Crippen LogP) is 3.07. The number of amides is 1. The molecule has 0 aromatic heterocycles. The number of rotatable bonds is 3. The monoisotopic (exact) mass is 266 g/mol. The first kappa shape index (κ1) is 12.7. The summed E-state index contributed by atoms with van der Waals surface area (Å²) in [6, 6.07) is 18.1. The fraction of sp³-hybridized carbons (Fsp3) is 0.235. The summed E-state index contributed by atoms with van der Waals surface area (Å²) in [5.41, 5.74) is 3.28. The van der Waals surface area contributed by atoms with Gasteiger partial charge < -0.3 is 10.6 Å². The Bertz CT molecular complexity index is 609. The summed E-state index contributed by atoms with van der Waals surface area (Å²) in [4.78, 5) is 12.4. The van der Waals surface area contributed by atoms with Gasteiger partial charge in [-0.2, -0.15) is 0 Å². The number of benzene rings is 2. The Hall–Kier alpha value is -2.29. The highest BCUT2D eigenvalue weighted by molar-refractivity contribution is 5.88. The number of anilines is 1. The van der Waals surface area contributed by atoms with Crippen LogP contribution in [0.25, 0.3) is 0 Å². The van der Waals surface area contributed by atoms with E-state index in [0.717, 1.165) is 16.8 Å². The zero-order chi connectivity index (χ0) is 13.9. The molecule has 20 heavy (non-hydrogen) atoms. The van der Waals surface area contributed by atoms with E-state index in [4.69, 9.17) is 0 Å². The maximum absolute atomic E-state index is 12.4. The Morgan fingerprint density at radius 3 is 2.65 bits per heavy atom. The molecule has 1 aliphatic heterocycles. The predicted molar refractivity (Wildman–Crippen MR) is 80.7 cm³/mol. The molecule has 2 aromatic carbocycles. The molecular weight excluding hydrogens is 248 g/mol. The van der Waals surface area contributed by atoms with Crippen LogP contribution in [0.15, 0.2) is 54.6 Å². The van der Waals surface area contributed by atoms with Gasteiger partial charge in [0.15, 0.2) is 0 Å². The van der Waals surface area contributed by atoms with Gasteiger partial charge in [-0.25, -0.2) is 0 Å². The Kier molecular flexibility index (Phi) is 3.42. The van der Waals surface area contributed by atoms with Crippen LogP contribution in [0.1, 0.15) is 30.0 Å². The lowest BCUT2D eigenvalue weighted by Gasteiger charge is -2.17. The molecule has 1 aliphatic rings. The summed E-state index contributed by atoms with van der Waals surface area (Å²) in [7, 11) is 0. The molecule has 1 amide bonds. The third-order valence-electron chi connectivity index (χ3n) is 3.81. The fourth-order valence-corrected chi connectivity index (χ4v) is 2.66. The van der Waals surface area contributed by atoms with Crippen LogP contribution >= 0.6 is 0 Å². The maximum atomic E-state index is 12.4. The van der Waals surface area contributed by atoms with E-state index in [1.54, 1.807) is 0 Å². The van der Waals surface area contributed by atoms with E-state index in [1.807, 2.05) is 61.5 Å². The lowest BCUT2D eigenvalue weighted by Crippen LogP contribution is -2.32. The molecule has 2 atom stereocenters. The molecule has 1 unspecified atom stereocenters. The molecule has 1 heterocycles. The summed E-state index contributed by atoms with van der Waals surface area (Å²) >= 11 is 0. The van der Waals surface area contributed by atoms with Crippen LogP contribution in [0.4, 0.5) is 5.69 Å². The van der Waals surface area contributed by atoms with E-state index in [9.17, 15) is 4.79 Å². The number of carbonyl (C=O) groups is 1. The van der Waals surface area contributed by atoms with Crippen LogP contribution in [0.3, 0.4) is 0 Å². The largest absolute Gasteiger partial charge is 0.384 e. The Labute approximate surface area is 119 Å². The average molecular weight is 266 g/mol. The summed E-state index contributed by atoms with van der Waals surface area (Å²) in [6.45, 7) is 2.69. The molecule has 102 valence electrons. The molecule has 0 fully saturated rings. The molecule has 3 nitrogen and oxygen atoms in total. The fourth-order valence-electron chi connectivity index (χ4n) is 2.66. The SMILES string of the molecule is C[C@H](NC(=O)C1CNc2ccccc21)c1ccccc1. The van der Waals surface area contributed by atoms with Gasteiger partial charge in [0.05, 0.1) is 12.0 Å². The first-order valence-corrected chi connectivity index (χ1v) is 6.94. The van der Waals surface area contributed by atoms with E-state index in [2.05, 4.69) is 10.6 Å². The van der Waals surface area contributed by atoms with Crippen molar-refractivity contribution in [1.29, 1.82) is 0 Å². The highest BCUT2D eigenvalue weighted by Gasteiger charge is 2.28. The van der Waals surface area contributed by atoms with Gasteiger partial charge in [0.2, 0.25) is 5.91 Å². The van der Waals surface area contributed by atoms with Crippen molar-refractivity contribution >= 4 is 11.6 Å². The second-order valence-corrected chi connectivity index (χ2v) is 5.16. The molecule has 0 radical (unpaired) electrons. The van der Waals surface area contributed by atoms with E-state index < -0.39 is 0 Å². The van der Waals surface area contributed by atoms with Crippen LogP contribution in [0, 0.1) is 0 Å². The Balaban J connectivity index is 1.72.